The molecule has 3 rings (SSSR count). The van der Waals surface area contributed by atoms with E-state index in [0.29, 0.717) is 0 Å². The van der Waals surface area contributed by atoms with Gasteiger partial charge in [-0.1, -0.05) is 6.08 Å². The Morgan fingerprint density at radius 2 is 2.11 bits per heavy atom. The molecule has 98 valence electrons. The molecule has 0 unspecified atom stereocenters. The molecule has 0 saturated carbocycles. The Bertz CT molecular complexity index is 565. The van der Waals surface area contributed by atoms with Crippen molar-refractivity contribution < 1.29 is 0 Å². The number of nitrogens with zero attached hydrogens (tertiary/aromatic N) is 1. The Morgan fingerprint density at radius 3 is 2.83 bits per heavy atom. The zero-order chi connectivity index (χ0) is 11.0. The van der Waals surface area contributed by atoms with Crippen molar-refractivity contribution in [2.75, 3.05) is 13.1 Å². The third-order valence-electron chi connectivity index (χ3n) is 2.91. The Kier molecular flexibility index (Phi) is 5.66. The van der Waals surface area contributed by atoms with E-state index in [4.69, 9.17) is 0 Å². The van der Waals surface area contributed by atoms with Gasteiger partial charge in [-0.3, -0.25) is 0 Å². The highest BCUT2D eigenvalue weighted by atomic mass is 79.9. The molecule has 0 saturated heterocycles. The van der Waals surface area contributed by atoms with Crippen molar-refractivity contribution in [3.63, 3.8) is 0 Å². The van der Waals surface area contributed by atoms with Crippen LogP contribution in [-0.2, 0) is 0 Å². The number of H-pyrrole nitrogens is 1. The fraction of sp³-hybridized carbons (Fsp3) is 0.250. The summed E-state index contributed by atoms with van der Waals surface area (Å²) >= 11 is 3.47. The molecule has 0 radical (unpaired) electrons. The second-order valence-electron chi connectivity index (χ2n) is 3.94. The molecule has 1 aliphatic heterocycles. The summed E-state index contributed by atoms with van der Waals surface area (Å²) in [5.41, 5.74) is 3.65. The van der Waals surface area contributed by atoms with Crippen LogP contribution >= 0.6 is 40.7 Å². The molecule has 0 aromatic carbocycles. The van der Waals surface area contributed by atoms with E-state index in [1.807, 2.05) is 6.20 Å². The van der Waals surface area contributed by atoms with Gasteiger partial charge in [-0.25, -0.2) is 4.98 Å². The van der Waals surface area contributed by atoms with E-state index in [-0.39, 0.29) is 24.8 Å². The van der Waals surface area contributed by atoms with Gasteiger partial charge < -0.3 is 10.3 Å². The van der Waals surface area contributed by atoms with Gasteiger partial charge in [-0.2, -0.15) is 0 Å². The highest BCUT2D eigenvalue weighted by Crippen LogP contribution is 2.28. The van der Waals surface area contributed by atoms with Crippen LogP contribution in [0.15, 0.2) is 29.0 Å². The third-order valence-corrected chi connectivity index (χ3v) is 3.34. The van der Waals surface area contributed by atoms with Gasteiger partial charge in [-0.05, 0) is 40.5 Å². The van der Waals surface area contributed by atoms with Crippen molar-refractivity contribution in [1.82, 2.24) is 15.3 Å². The van der Waals surface area contributed by atoms with Crippen LogP contribution in [0.25, 0.3) is 16.6 Å². The number of halogens is 3. The summed E-state index contributed by atoms with van der Waals surface area (Å²) in [6.07, 6.45) is 7.22. The fourth-order valence-electron chi connectivity index (χ4n) is 2.11. The molecule has 18 heavy (non-hydrogen) atoms. The van der Waals surface area contributed by atoms with Crippen molar-refractivity contribution in [2.45, 2.75) is 6.42 Å². The molecular formula is C12H14BrCl2N3. The maximum Gasteiger partial charge on any atom is 0.137 e. The van der Waals surface area contributed by atoms with Gasteiger partial charge in [0.05, 0.1) is 0 Å². The molecular weight excluding hydrogens is 337 g/mol. The molecule has 0 bridgehead atoms. The molecule has 0 fully saturated rings. The number of fused-ring (bicyclic) bond motifs is 1. The largest absolute Gasteiger partial charge is 0.346 e. The van der Waals surface area contributed by atoms with Gasteiger partial charge in [0.2, 0.25) is 0 Å². The Morgan fingerprint density at radius 1 is 1.28 bits per heavy atom. The van der Waals surface area contributed by atoms with Crippen molar-refractivity contribution >= 4 is 57.4 Å². The molecule has 1 aliphatic rings. The first-order valence-electron chi connectivity index (χ1n) is 5.37. The maximum absolute atomic E-state index is 4.35. The van der Waals surface area contributed by atoms with Crippen molar-refractivity contribution in [1.29, 1.82) is 0 Å². The predicted molar refractivity (Wildman–Crippen MR) is 83.8 cm³/mol. The van der Waals surface area contributed by atoms with E-state index < -0.39 is 0 Å². The Labute approximate surface area is 126 Å². The quantitative estimate of drug-likeness (QED) is 0.825. The van der Waals surface area contributed by atoms with Gasteiger partial charge in [0.25, 0.3) is 0 Å². The summed E-state index contributed by atoms with van der Waals surface area (Å²) in [6, 6.07) is 2.12. The van der Waals surface area contributed by atoms with E-state index in [1.54, 1.807) is 0 Å². The maximum atomic E-state index is 4.35. The van der Waals surface area contributed by atoms with Crippen molar-refractivity contribution in [2.24, 2.45) is 0 Å². The number of aromatic nitrogens is 2. The van der Waals surface area contributed by atoms with Crippen LogP contribution in [-0.4, -0.2) is 23.1 Å². The average molecular weight is 351 g/mol. The molecule has 3 nitrogen and oxygen atoms in total. The van der Waals surface area contributed by atoms with E-state index in [1.165, 1.54) is 16.5 Å². The number of nitrogens with one attached hydrogen (secondary N) is 2. The SMILES string of the molecule is Brc1cnc2[nH]cc(C3=CCNCC3)c2c1.Cl.Cl. The van der Waals surface area contributed by atoms with Crippen molar-refractivity contribution in [3.8, 4) is 0 Å². The predicted octanol–water partition coefficient (Wildman–Crippen LogP) is 3.55. The molecule has 3 heterocycles. The normalized spacial score (nSPS) is 14.6. The highest BCUT2D eigenvalue weighted by Gasteiger charge is 2.11. The lowest BCUT2D eigenvalue weighted by Crippen LogP contribution is -2.19. The second-order valence-corrected chi connectivity index (χ2v) is 4.85. The highest BCUT2D eigenvalue weighted by molar-refractivity contribution is 9.10. The molecule has 0 amide bonds. The van der Waals surface area contributed by atoms with Gasteiger partial charge in [0.1, 0.15) is 5.65 Å². The van der Waals surface area contributed by atoms with Gasteiger partial charge in [0.15, 0.2) is 0 Å². The molecule has 0 atom stereocenters. The standard InChI is InChI=1S/C12H12BrN3.2ClH/c13-9-5-10-11(7-16-12(10)15-6-9)8-1-3-14-4-2-8;;/h1,5-7,14H,2-4H2,(H,15,16);2*1H. The lowest BCUT2D eigenvalue weighted by molar-refractivity contribution is 0.739. The molecule has 2 aromatic rings. The zero-order valence-electron chi connectivity index (χ0n) is 9.57. The lowest BCUT2D eigenvalue weighted by atomic mass is 10.0. The summed E-state index contributed by atoms with van der Waals surface area (Å²) in [7, 11) is 0. The minimum atomic E-state index is 0. The van der Waals surface area contributed by atoms with Gasteiger partial charge in [-0.15, -0.1) is 24.8 Å². The molecule has 0 spiro atoms. The topological polar surface area (TPSA) is 40.7 Å². The van der Waals surface area contributed by atoms with Crippen LogP contribution in [0.3, 0.4) is 0 Å². The summed E-state index contributed by atoms with van der Waals surface area (Å²) in [6.45, 7) is 2.02. The summed E-state index contributed by atoms with van der Waals surface area (Å²) < 4.78 is 1.02. The Balaban J connectivity index is 0.000000810. The average Bonchev–Trinajstić information content (AvgIpc) is 2.73. The number of hydrogen-bond acceptors (Lipinski definition) is 2. The Hall–Kier alpha value is -0.550. The summed E-state index contributed by atoms with van der Waals surface area (Å²) in [5.74, 6) is 0. The minimum Gasteiger partial charge on any atom is -0.346 e. The van der Waals surface area contributed by atoms with Crippen LogP contribution in [0.2, 0.25) is 0 Å². The number of rotatable bonds is 1. The van der Waals surface area contributed by atoms with Crippen LogP contribution in [0, 0.1) is 0 Å². The first kappa shape index (κ1) is 15.5. The number of hydrogen-bond donors (Lipinski definition) is 2. The smallest absolute Gasteiger partial charge is 0.137 e. The van der Waals surface area contributed by atoms with E-state index in [0.717, 1.165) is 29.6 Å². The van der Waals surface area contributed by atoms with Crippen LogP contribution in [0.1, 0.15) is 12.0 Å². The molecule has 2 N–H and O–H groups in total. The van der Waals surface area contributed by atoms with Crippen LogP contribution in [0.5, 0.6) is 0 Å². The van der Waals surface area contributed by atoms with Crippen LogP contribution < -0.4 is 5.32 Å². The van der Waals surface area contributed by atoms with Gasteiger partial charge in [0, 0.05) is 34.4 Å². The van der Waals surface area contributed by atoms with Crippen molar-refractivity contribution in [3.05, 3.63) is 34.6 Å². The molecule has 6 heteroatoms. The van der Waals surface area contributed by atoms with E-state index >= 15 is 0 Å². The van der Waals surface area contributed by atoms with E-state index in [2.05, 4.69) is 49.6 Å². The first-order chi connectivity index (χ1) is 7.84. The number of pyridine rings is 1. The number of aromatic amines is 1. The minimum absolute atomic E-state index is 0. The third kappa shape index (κ3) is 2.88. The van der Waals surface area contributed by atoms with Gasteiger partial charge >= 0.3 is 0 Å². The fourth-order valence-corrected chi connectivity index (χ4v) is 2.44. The van der Waals surface area contributed by atoms with Crippen LogP contribution in [0.4, 0.5) is 0 Å². The molecule has 0 aliphatic carbocycles. The second kappa shape index (κ2) is 6.57. The molecule has 2 aromatic heterocycles. The summed E-state index contributed by atoms with van der Waals surface area (Å²) in [5, 5.41) is 4.52. The summed E-state index contributed by atoms with van der Waals surface area (Å²) in [4.78, 5) is 7.57. The lowest BCUT2D eigenvalue weighted by Gasteiger charge is -2.13. The first-order valence-corrected chi connectivity index (χ1v) is 6.16. The zero-order valence-corrected chi connectivity index (χ0v) is 12.8. The van der Waals surface area contributed by atoms with E-state index in [9.17, 15) is 0 Å². The monoisotopic (exact) mass is 349 g/mol.